The number of ether oxygens (including phenoxy) is 1. The molecule has 1 aliphatic heterocycles. The number of aromatic nitrogens is 2. The number of nitrogens with zero attached hydrogens (tertiary/aromatic N) is 3. The molecule has 174 valence electrons. The normalized spacial score (nSPS) is 15.4. The summed E-state index contributed by atoms with van der Waals surface area (Å²) in [5.41, 5.74) is 3.57. The Balaban J connectivity index is 1.24. The Morgan fingerprint density at radius 2 is 1.91 bits per heavy atom. The van der Waals surface area contributed by atoms with Crippen molar-refractivity contribution in [1.29, 1.82) is 0 Å². The van der Waals surface area contributed by atoms with E-state index < -0.39 is 0 Å². The lowest BCUT2D eigenvalue weighted by Crippen LogP contribution is -2.42. The summed E-state index contributed by atoms with van der Waals surface area (Å²) in [4.78, 5) is 14.9. The second-order valence-corrected chi connectivity index (χ2v) is 10.0. The number of likely N-dealkylation sites (tertiary alicyclic amines) is 1. The fourth-order valence-electron chi connectivity index (χ4n) is 4.11. The highest BCUT2D eigenvalue weighted by Gasteiger charge is 2.27. The first kappa shape index (κ1) is 23.4. The van der Waals surface area contributed by atoms with Gasteiger partial charge in [-0.25, -0.2) is 0 Å². The molecule has 1 amide bonds. The molecule has 4 rings (SSSR count). The van der Waals surface area contributed by atoms with Crippen LogP contribution < -0.4 is 4.74 Å². The summed E-state index contributed by atoms with van der Waals surface area (Å²) < 4.78 is 11.5. The van der Waals surface area contributed by atoms with Gasteiger partial charge in [0.2, 0.25) is 5.91 Å². The monoisotopic (exact) mass is 465 g/mol. The van der Waals surface area contributed by atoms with E-state index in [9.17, 15) is 4.79 Å². The first-order chi connectivity index (χ1) is 16.0. The summed E-state index contributed by atoms with van der Waals surface area (Å²) >= 11 is 1.31. The van der Waals surface area contributed by atoms with E-state index in [0.717, 1.165) is 49.2 Å². The van der Waals surface area contributed by atoms with E-state index in [0.29, 0.717) is 17.0 Å². The number of amides is 1. The highest BCUT2D eigenvalue weighted by molar-refractivity contribution is 8.00. The van der Waals surface area contributed by atoms with Crippen LogP contribution in [0.15, 0.2) is 58.2 Å². The van der Waals surface area contributed by atoms with Crippen molar-refractivity contribution < 1.29 is 13.9 Å². The topological polar surface area (TPSA) is 68.5 Å². The molecule has 0 saturated carbocycles. The van der Waals surface area contributed by atoms with E-state index in [1.807, 2.05) is 49.9 Å². The van der Waals surface area contributed by atoms with Crippen molar-refractivity contribution in [2.45, 2.75) is 57.1 Å². The second kappa shape index (κ2) is 10.9. The van der Waals surface area contributed by atoms with Crippen LogP contribution in [0.5, 0.6) is 5.75 Å². The molecule has 1 aromatic heterocycles. The van der Waals surface area contributed by atoms with Crippen molar-refractivity contribution >= 4 is 17.7 Å². The van der Waals surface area contributed by atoms with Gasteiger partial charge in [-0.2, -0.15) is 0 Å². The molecule has 1 atom stereocenters. The predicted octanol–water partition coefficient (Wildman–Crippen LogP) is 5.23. The zero-order chi connectivity index (χ0) is 23.2. The summed E-state index contributed by atoms with van der Waals surface area (Å²) in [6.07, 6.45) is 3.17. The Labute approximate surface area is 199 Å². The lowest BCUT2D eigenvalue weighted by Gasteiger charge is -2.33. The molecule has 2 aromatic carbocycles. The Morgan fingerprint density at radius 1 is 1.15 bits per heavy atom. The molecule has 1 unspecified atom stereocenters. The summed E-state index contributed by atoms with van der Waals surface area (Å²) in [6, 6.07) is 16.7. The maximum absolute atomic E-state index is 12.9. The fraction of sp³-hybridized carbons (Fsp3) is 0.423. The number of piperidine rings is 1. The number of benzene rings is 2. The molecule has 1 fully saturated rings. The van der Waals surface area contributed by atoms with E-state index >= 15 is 0 Å². The summed E-state index contributed by atoms with van der Waals surface area (Å²) in [5, 5.41) is 8.28. The third kappa shape index (κ3) is 6.38. The molecule has 1 aliphatic rings. The van der Waals surface area contributed by atoms with Crippen molar-refractivity contribution in [3.8, 4) is 5.75 Å². The van der Waals surface area contributed by atoms with E-state index in [1.54, 1.807) is 0 Å². The molecule has 6 nitrogen and oxygen atoms in total. The van der Waals surface area contributed by atoms with Crippen LogP contribution >= 0.6 is 11.8 Å². The van der Waals surface area contributed by atoms with Crippen molar-refractivity contribution in [2.24, 2.45) is 5.92 Å². The molecular weight excluding hydrogens is 434 g/mol. The minimum atomic E-state index is -0.274. The molecule has 1 saturated heterocycles. The maximum Gasteiger partial charge on any atom is 0.277 e. The van der Waals surface area contributed by atoms with Crippen LogP contribution in [0.2, 0.25) is 0 Å². The number of aryl methyl sites for hydroxylation is 2. The number of carbonyl (C=O) groups is 1. The average molecular weight is 466 g/mol. The van der Waals surface area contributed by atoms with Gasteiger partial charge in [-0.15, -0.1) is 10.2 Å². The summed E-state index contributed by atoms with van der Waals surface area (Å²) in [7, 11) is 0. The first-order valence-electron chi connectivity index (χ1n) is 11.5. The van der Waals surface area contributed by atoms with Crippen molar-refractivity contribution in [3.05, 3.63) is 71.1 Å². The summed E-state index contributed by atoms with van der Waals surface area (Å²) in [5.74, 6) is 1.97. The zero-order valence-electron chi connectivity index (χ0n) is 19.5. The number of thioether (sulfide) groups is 1. The quantitative estimate of drug-likeness (QED) is 0.425. The molecule has 33 heavy (non-hydrogen) atoms. The lowest BCUT2D eigenvalue weighted by molar-refractivity contribution is -0.131. The zero-order valence-corrected chi connectivity index (χ0v) is 20.3. The molecule has 3 aromatic rings. The van der Waals surface area contributed by atoms with Crippen molar-refractivity contribution in [1.82, 2.24) is 15.1 Å². The predicted molar refractivity (Wildman–Crippen MR) is 129 cm³/mol. The average Bonchev–Trinajstić information content (AvgIpc) is 3.27. The lowest BCUT2D eigenvalue weighted by atomic mass is 9.90. The molecule has 0 radical (unpaired) electrons. The first-order valence-corrected chi connectivity index (χ1v) is 12.4. The van der Waals surface area contributed by atoms with Crippen molar-refractivity contribution in [3.63, 3.8) is 0 Å². The van der Waals surface area contributed by atoms with Gasteiger partial charge in [0.25, 0.3) is 11.1 Å². The van der Waals surface area contributed by atoms with Crippen LogP contribution in [-0.2, 0) is 17.8 Å². The van der Waals surface area contributed by atoms with Gasteiger partial charge in [0.1, 0.15) is 5.75 Å². The molecular formula is C26H31N3O3S. The largest absolute Gasteiger partial charge is 0.484 e. The van der Waals surface area contributed by atoms with Gasteiger partial charge in [0, 0.05) is 13.1 Å². The number of rotatable bonds is 8. The van der Waals surface area contributed by atoms with Gasteiger partial charge in [-0.3, -0.25) is 4.79 Å². The Hall–Kier alpha value is -2.80. The minimum Gasteiger partial charge on any atom is -0.484 e. The third-order valence-corrected chi connectivity index (χ3v) is 6.98. The highest BCUT2D eigenvalue weighted by Crippen LogP contribution is 2.27. The van der Waals surface area contributed by atoms with E-state index in [1.165, 1.54) is 17.3 Å². The maximum atomic E-state index is 12.9. The molecule has 0 spiro atoms. The Bertz CT molecular complexity index is 1060. The van der Waals surface area contributed by atoms with E-state index in [4.69, 9.17) is 9.15 Å². The van der Waals surface area contributed by atoms with Gasteiger partial charge in [-0.05, 0) is 68.7 Å². The fourth-order valence-corrected chi connectivity index (χ4v) is 4.89. The number of hydrogen-bond donors (Lipinski definition) is 0. The van der Waals surface area contributed by atoms with E-state index in [-0.39, 0.29) is 17.8 Å². The molecule has 2 heterocycles. The standard InChI is InChI=1S/C26H31N3O3S/c1-18-9-10-19(2)23(15-18)31-17-24-27-28-26(32-24)33-20(3)25(30)29-13-11-22(12-14-29)16-21-7-5-4-6-8-21/h4-10,15,20,22H,11-14,16-17H2,1-3H3. The number of carbonyl (C=O) groups excluding carboxylic acids is 1. The van der Waals surface area contributed by atoms with Gasteiger partial charge < -0.3 is 14.1 Å². The van der Waals surface area contributed by atoms with E-state index in [2.05, 4.69) is 34.5 Å². The third-order valence-electron chi connectivity index (χ3n) is 6.06. The minimum absolute atomic E-state index is 0.129. The highest BCUT2D eigenvalue weighted by atomic mass is 32.2. The molecule has 0 bridgehead atoms. The molecule has 0 aliphatic carbocycles. The van der Waals surface area contributed by atoms with Gasteiger partial charge in [-0.1, -0.05) is 54.2 Å². The van der Waals surface area contributed by atoms with Crippen LogP contribution in [0, 0.1) is 19.8 Å². The van der Waals surface area contributed by atoms with Crippen LogP contribution in [0.4, 0.5) is 0 Å². The van der Waals surface area contributed by atoms with Crippen molar-refractivity contribution in [2.75, 3.05) is 13.1 Å². The van der Waals surface area contributed by atoms with Crippen LogP contribution in [0.25, 0.3) is 0 Å². The van der Waals surface area contributed by atoms with Gasteiger partial charge >= 0.3 is 0 Å². The molecule has 7 heteroatoms. The molecule has 0 N–H and O–H groups in total. The number of hydrogen-bond acceptors (Lipinski definition) is 6. The smallest absolute Gasteiger partial charge is 0.277 e. The van der Waals surface area contributed by atoms with Gasteiger partial charge in [0.15, 0.2) is 6.61 Å². The summed E-state index contributed by atoms with van der Waals surface area (Å²) in [6.45, 7) is 7.74. The van der Waals surface area contributed by atoms with Crippen LogP contribution in [0.1, 0.15) is 42.3 Å². The van der Waals surface area contributed by atoms with Gasteiger partial charge in [0.05, 0.1) is 5.25 Å². The Kier molecular flexibility index (Phi) is 7.70. The van der Waals surface area contributed by atoms with Crippen LogP contribution in [0.3, 0.4) is 0 Å². The van der Waals surface area contributed by atoms with Crippen LogP contribution in [-0.4, -0.2) is 39.3 Å². The SMILES string of the molecule is Cc1ccc(C)c(OCc2nnc(SC(C)C(=O)N3CCC(Cc4ccccc4)CC3)o2)c1. The second-order valence-electron chi connectivity index (χ2n) is 8.74. The Morgan fingerprint density at radius 3 is 2.67 bits per heavy atom.